The normalized spacial score (nSPS) is 14.8. The Morgan fingerprint density at radius 2 is 1.50 bits per heavy atom. The lowest BCUT2D eigenvalue weighted by atomic mass is 9.86. The van der Waals surface area contributed by atoms with E-state index in [0.29, 0.717) is 24.4 Å². The van der Waals surface area contributed by atoms with Gasteiger partial charge >= 0.3 is 5.97 Å². The Morgan fingerprint density at radius 1 is 0.860 bits per heavy atom. The van der Waals surface area contributed by atoms with Crippen LogP contribution in [0.3, 0.4) is 0 Å². The molecule has 1 aliphatic rings. The average molecular weight is 677 g/mol. The van der Waals surface area contributed by atoms with Crippen molar-refractivity contribution in [3.8, 4) is 28.3 Å². The van der Waals surface area contributed by atoms with E-state index < -0.39 is 24.0 Å². The standard InChI is InChI=1S/C41H48N4O5/c1-5-6-7-8-9-24-50-34-20-16-29(17-21-34)32-26-42-37(43-27-32)30-12-10-28(11-13-30)25-35(39(47)45-23-22-36(45)40(48)49)44-38(46)31-14-18-33(19-15-31)41(2,3)4/h10-21,26-27,35-36H,5-9,22-25H2,1-4H3,(H,44,46)(H,48,49). The predicted molar refractivity (Wildman–Crippen MR) is 195 cm³/mol. The molecule has 2 atom stereocenters. The van der Waals surface area contributed by atoms with Crippen molar-refractivity contribution in [2.45, 2.75) is 90.1 Å². The third kappa shape index (κ3) is 9.34. The smallest absolute Gasteiger partial charge is 0.326 e. The Morgan fingerprint density at radius 3 is 2.08 bits per heavy atom. The van der Waals surface area contributed by atoms with Crippen molar-refractivity contribution in [2.75, 3.05) is 13.2 Å². The number of nitrogens with one attached hydrogen (secondary N) is 1. The Bertz CT molecular complexity index is 1730. The number of carboxylic acids is 1. The lowest BCUT2D eigenvalue weighted by Gasteiger charge is -2.40. The van der Waals surface area contributed by atoms with Gasteiger partial charge in [0.25, 0.3) is 5.91 Å². The highest BCUT2D eigenvalue weighted by atomic mass is 16.5. The molecular formula is C41H48N4O5. The number of rotatable bonds is 15. The quantitative estimate of drug-likeness (QED) is 0.125. The SMILES string of the molecule is CCCCCCCOc1ccc(-c2cnc(-c3ccc(CC(NC(=O)c4ccc(C(C)(C)C)cc4)C(=O)N4CCC4C(=O)O)cc3)nc2)cc1. The van der Waals surface area contributed by atoms with Gasteiger partial charge in [-0.3, -0.25) is 9.59 Å². The van der Waals surface area contributed by atoms with Crippen molar-refractivity contribution in [1.82, 2.24) is 20.2 Å². The van der Waals surface area contributed by atoms with E-state index in [4.69, 9.17) is 4.74 Å². The number of benzene rings is 3. The summed E-state index contributed by atoms with van der Waals surface area (Å²) in [6.45, 7) is 9.57. The van der Waals surface area contributed by atoms with Crippen molar-refractivity contribution in [2.24, 2.45) is 0 Å². The molecule has 50 heavy (non-hydrogen) atoms. The molecule has 9 nitrogen and oxygen atoms in total. The van der Waals surface area contributed by atoms with Gasteiger partial charge in [0.2, 0.25) is 5.91 Å². The van der Waals surface area contributed by atoms with Gasteiger partial charge in [0.15, 0.2) is 5.82 Å². The molecule has 2 N–H and O–H groups in total. The van der Waals surface area contributed by atoms with E-state index in [-0.39, 0.29) is 17.7 Å². The number of nitrogens with zero attached hydrogens (tertiary/aromatic N) is 3. The number of ether oxygens (including phenoxy) is 1. The number of hydrogen-bond acceptors (Lipinski definition) is 6. The Labute approximate surface area is 295 Å². The molecule has 3 aromatic carbocycles. The molecule has 0 spiro atoms. The summed E-state index contributed by atoms with van der Waals surface area (Å²) in [7, 11) is 0. The van der Waals surface area contributed by atoms with Crippen LogP contribution in [0.15, 0.2) is 85.2 Å². The van der Waals surface area contributed by atoms with E-state index in [1.54, 1.807) is 24.5 Å². The van der Waals surface area contributed by atoms with Gasteiger partial charge in [-0.25, -0.2) is 14.8 Å². The Hall–Kier alpha value is -5.05. The van der Waals surface area contributed by atoms with Gasteiger partial charge in [0.05, 0.1) is 6.61 Å². The van der Waals surface area contributed by atoms with E-state index in [1.807, 2.05) is 60.7 Å². The first-order valence-corrected chi connectivity index (χ1v) is 17.6. The summed E-state index contributed by atoms with van der Waals surface area (Å²) in [5.41, 5.74) is 4.97. The first-order chi connectivity index (χ1) is 24.0. The minimum atomic E-state index is -1.04. The molecule has 1 fully saturated rings. The van der Waals surface area contributed by atoms with Crippen LogP contribution in [-0.2, 0) is 21.4 Å². The molecule has 9 heteroatoms. The monoisotopic (exact) mass is 676 g/mol. The molecule has 1 aromatic heterocycles. The maximum Gasteiger partial charge on any atom is 0.326 e. The molecule has 0 radical (unpaired) electrons. The highest BCUT2D eigenvalue weighted by molar-refractivity contribution is 5.98. The molecule has 0 saturated carbocycles. The molecule has 4 aromatic rings. The van der Waals surface area contributed by atoms with Gasteiger partial charge in [-0.1, -0.05) is 102 Å². The summed E-state index contributed by atoms with van der Waals surface area (Å²) in [4.78, 5) is 49.1. The third-order valence-electron chi connectivity index (χ3n) is 9.21. The van der Waals surface area contributed by atoms with Gasteiger partial charge in [-0.05, 0) is 59.2 Å². The minimum Gasteiger partial charge on any atom is -0.494 e. The van der Waals surface area contributed by atoms with Gasteiger partial charge in [-0.15, -0.1) is 0 Å². The van der Waals surface area contributed by atoms with E-state index in [2.05, 4.69) is 43.0 Å². The van der Waals surface area contributed by atoms with E-state index >= 15 is 0 Å². The van der Waals surface area contributed by atoms with Crippen LogP contribution in [0.5, 0.6) is 5.75 Å². The summed E-state index contributed by atoms with van der Waals surface area (Å²) >= 11 is 0. The summed E-state index contributed by atoms with van der Waals surface area (Å²) in [5, 5.41) is 12.4. The second-order valence-electron chi connectivity index (χ2n) is 14.0. The van der Waals surface area contributed by atoms with Crippen LogP contribution in [0.2, 0.25) is 0 Å². The second kappa shape index (κ2) is 16.6. The zero-order valence-electron chi connectivity index (χ0n) is 29.5. The maximum absolute atomic E-state index is 13.6. The first-order valence-electron chi connectivity index (χ1n) is 17.6. The van der Waals surface area contributed by atoms with E-state index in [0.717, 1.165) is 46.6 Å². The summed E-state index contributed by atoms with van der Waals surface area (Å²) < 4.78 is 5.89. The van der Waals surface area contributed by atoms with Crippen molar-refractivity contribution >= 4 is 17.8 Å². The van der Waals surface area contributed by atoms with Crippen molar-refractivity contribution in [3.05, 3.63) is 102 Å². The lowest BCUT2D eigenvalue weighted by Crippen LogP contribution is -2.60. The van der Waals surface area contributed by atoms with Gasteiger partial charge < -0.3 is 20.1 Å². The van der Waals surface area contributed by atoms with Crippen LogP contribution >= 0.6 is 0 Å². The van der Waals surface area contributed by atoms with Crippen LogP contribution < -0.4 is 10.1 Å². The van der Waals surface area contributed by atoms with Crippen molar-refractivity contribution in [1.29, 1.82) is 0 Å². The van der Waals surface area contributed by atoms with Gasteiger partial charge in [0.1, 0.15) is 17.8 Å². The highest BCUT2D eigenvalue weighted by Gasteiger charge is 2.40. The molecule has 1 saturated heterocycles. The summed E-state index contributed by atoms with van der Waals surface area (Å²) in [6, 6.07) is 21.0. The molecule has 0 aliphatic carbocycles. The number of carboxylic acid groups (broad SMARTS) is 1. The zero-order chi connectivity index (χ0) is 35.7. The highest BCUT2D eigenvalue weighted by Crippen LogP contribution is 2.26. The number of amides is 2. The van der Waals surface area contributed by atoms with Gasteiger partial charge in [-0.2, -0.15) is 0 Å². The number of aromatic nitrogens is 2. The number of carbonyl (C=O) groups excluding carboxylic acids is 2. The number of hydrogen-bond donors (Lipinski definition) is 2. The van der Waals surface area contributed by atoms with Crippen molar-refractivity contribution < 1.29 is 24.2 Å². The lowest BCUT2D eigenvalue weighted by molar-refractivity contribution is -0.158. The summed E-state index contributed by atoms with van der Waals surface area (Å²) in [5.74, 6) is -0.425. The largest absolute Gasteiger partial charge is 0.494 e. The zero-order valence-corrected chi connectivity index (χ0v) is 29.5. The van der Waals surface area contributed by atoms with Crippen LogP contribution in [0.25, 0.3) is 22.5 Å². The Balaban J connectivity index is 1.23. The van der Waals surface area contributed by atoms with Crippen LogP contribution in [0.4, 0.5) is 0 Å². The Kier molecular flexibility index (Phi) is 12.0. The number of unbranched alkanes of at least 4 members (excludes halogenated alkanes) is 4. The minimum absolute atomic E-state index is 0.0647. The number of aliphatic carboxylic acids is 1. The molecule has 2 amide bonds. The van der Waals surface area contributed by atoms with Crippen LogP contribution in [0.1, 0.15) is 87.7 Å². The number of carbonyl (C=O) groups is 3. The topological polar surface area (TPSA) is 122 Å². The first kappa shape index (κ1) is 36.2. The maximum atomic E-state index is 13.6. The predicted octanol–water partition coefficient (Wildman–Crippen LogP) is 7.48. The van der Waals surface area contributed by atoms with E-state index in [9.17, 15) is 19.5 Å². The fourth-order valence-corrected chi connectivity index (χ4v) is 5.96. The van der Waals surface area contributed by atoms with Gasteiger partial charge in [0, 0.05) is 42.0 Å². The third-order valence-corrected chi connectivity index (χ3v) is 9.21. The average Bonchev–Trinajstić information content (AvgIpc) is 3.09. The fourth-order valence-electron chi connectivity index (χ4n) is 5.96. The molecular weight excluding hydrogens is 628 g/mol. The molecule has 1 aliphatic heterocycles. The van der Waals surface area contributed by atoms with Crippen LogP contribution in [-0.4, -0.2) is 63.0 Å². The molecule has 2 heterocycles. The molecule has 5 rings (SSSR count). The van der Waals surface area contributed by atoms with E-state index in [1.165, 1.54) is 30.6 Å². The van der Waals surface area contributed by atoms with Crippen LogP contribution in [0, 0.1) is 0 Å². The summed E-state index contributed by atoms with van der Waals surface area (Å²) in [6.07, 6.45) is 10.2. The molecule has 2 unspecified atom stereocenters. The second-order valence-corrected chi connectivity index (χ2v) is 14.0. The van der Waals surface area contributed by atoms with Crippen molar-refractivity contribution in [3.63, 3.8) is 0 Å². The molecule has 262 valence electrons. The molecule has 0 bridgehead atoms. The number of likely N-dealkylation sites (tertiary alicyclic amines) is 1. The fraction of sp³-hybridized carbons (Fsp3) is 0.390.